The van der Waals surface area contributed by atoms with Crippen LogP contribution in [0.15, 0.2) is 27.4 Å². The maximum atomic E-state index is 12.3. The summed E-state index contributed by atoms with van der Waals surface area (Å²) in [6, 6.07) is 5.07. The van der Waals surface area contributed by atoms with Gasteiger partial charge in [0.25, 0.3) is 0 Å². The molecule has 2 aromatic rings. The fraction of sp³-hybridized carbons (Fsp3) is 0.429. The molecule has 1 aromatic heterocycles. The van der Waals surface area contributed by atoms with Crippen LogP contribution in [0.4, 0.5) is 0 Å². The van der Waals surface area contributed by atoms with Gasteiger partial charge in [-0.2, -0.15) is 0 Å². The van der Waals surface area contributed by atoms with E-state index in [1.54, 1.807) is 25.2 Å². The first-order valence-corrected chi connectivity index (χ1v) is 6.42. The summed E-state index contributed by atoms with van der Waals surface area (Å²) in [7, 11) is 1.64. The molecule has 0 N–H and O–H groups in total. The third kappa shape index (κ3) is 2.10. The highest BCUT2D eigenvalue weighted by molar-refractivity contribution is 6.01. The topological polar surface area (TPSA) is 61.4 Å². The summed E-state index contributed by atoms with van der Waals surface area (Å²) in [4.78, 5) is 23.7. The van der Waals surface area contributed by atoms with Crippen LogP contribution >= 0.6 is 0 Å². The Balaban J connectivity index is 1.96. The molecule has 100 valence electrons. The van der Waals surface area contributed by atoms with Crippen molar-refractivity contribution >= 4 is 16.9 Å². The number of carbonyl (C=O) groups excluding carboxylic acids is 1. The third-order valence-electron chi connectivity index (χ3n) is 3.55. The number of nitrogens with zero attached hydrogens (tertiary/aromatic N) is 1. The van der Waals surface area contributed by atoms with Gasteiger partial charge in [-0.05, 0) is 37.5 Å². The minimum absolute atomic E-state index is 0.0342. The molecule has 0 amide bonds. The molecule has 2 heterocycles. The van der Waals surface area contributed by atoms with Crippen molar-refractivity contribution in [2.24, 2.45) is 7.05 Å². The fourth-order valence-electron chi connectivity index (χ4n) is 2.42. The Morgan fingerprint density at radius 3 is 2.95 bits per heavy atom. The molecule has 0 radical (unpaired) electrons. The van der Waals surface area contributed by atoms with E-state index in [1.165, 1.54) is 4.57 Å². The molecule has 5 nitrogen and oxygen atoms in total. The number of Topliss-reactive ketones (excluding diaryl/α,β-unsaturated/α-hetero) is 1. The maximum Gasteiger partial charge on any atom is 0.419 e. The van der Waals surface area contributed by atoms with Crippen molar-refractivity contribution in [2.75, 3.05) is 6.61 Å². The quantitative estimate of drug-likeness (QED) is 0.774. The van der Waals surface area contributed by atoms with Crippen molar-refractivity contribution in [1.82, 2.24) is 4.57 Å². The molecule has 19 heavy (non-hydrogen) atoms. The summed E-state index contributed by atoms with van der Waals surface area (Å²) in [5, 5.41) is 0. The molecule has 0 saturated carbocycles. The summed E-state index contributed by atoms with van der Waals surface area (Å²) in [6.07, 6.45) is 2.42. The van der Waals surface area contributed by atoms with E-state index in [-0.39, 0.29) is 11.9 Å². The van der Waals surface area contributed by atoms with Gasteiger partial charge in [-0.3, -0.25) is 9.36 Å². The van der Waals surface area contributed by atoms with Crippen LogP contribution < -0.4 is 5.76 Å². The number of carbonyl (C=O) groups is 1. The van der Waals surface area contributed by atoms with E-state index in [0.29, 0.717) is 23.3 Å². The van der Waals surface area contributed by atoms with Crippen molar-refractivity contribution in [3.8, 4) is 0 Å². The minimum Gasteiger partial charge on any atom is -0.408 e. The van der Waals surface area contributed by atoms with Gasteiger partial charge in [0.05, 0.1) is 5.52 Å². The van der Waals surface area contributed by atoms with Gasteiger partial charge in [0.15, 0.2) is 11.4 Å². The summed E-state index contributed by atoms with van der Waals surface area (Å²) >= 11 is 0. The number of rotatable bonds is 2. The molecule has 1 saturated heterocycles. The van der Waals surface area contributed by atoms with E-state index in [1.807, 2.05) is 0 Å². The lowest BCUT2D eigenvalue weighted by Gasteiger charge is -2.21. The second-order valence-electron chi connectivity index (χ2n) is 4.83. The molecular weight excluding hydrogens is 246 g/mol. The second kappa shape index (κ2) is 4.66. The van der Waals surface area contributed by atoms with E-state index in [2.05, 4.69) is 0 Å². The summed E-state index contributed by atoms with van der Waals surface area (Å²) < 4.78 is 12.0. The monoisotopic (exact) mass is 261 g/mol. The highest BCUT2D eigenvalue weighted by Gasteiger charge is 2.23. The Hall–Kier alpha value is -1.88. The van der Waals surface area contributed by atoms with Gasteiger partial charge in [-0.25, -0.2) is 4.79 Å². The Morgan fingerprint density at radius 1 is 1.37 bits per heavy atom. The van der Waals surface area contributed by atoms with E-state index in [4.69, 9.17) is 9.15 Å². The van der Waals surface area contributed by atoms with Crippen LogP contribution in [0.25, 0.3) is 11.1 Å². The number of fused-ring (bicyclic) bond motifs is 1. The van der Waals surface area contributed by atoms with Crippen molar-refractivity contribution in [2.45, 2.75) is 25.4 Å². The fourth-order valence-corrected chi connectivity index (χ4v) is 2.42. The average molecular weight is 261 g/mol. The average Bonchev–Trinajstić information content (AvgIpc) is 2.74. The van der Waals surface area contributed by atoms with E-state index in [0.717, 1.165) is 19.3 Å². The van der Waals surface area contributed by atoms with Crippen LogP contribution in [0, 0.1) is 0 Å². The number of hydrogen-bond acceptors (Lipinski definition) is 4. The van der Waals surface area contributed by atoms with Crippen molar-refractivity contribution in [1.29, 1.82) is 0 Å². The Kier molecular flexibility index (Phi) is 2.98. The van der Waals surface area contributed by atoms with E-state index < -0.39 is 5.76 Å². The molecule has 1 aromatic carbocycles. The third-order valence-corrected chi connectivity index (χ3v) is 3.55. The first-order chi connectivity index (χ1) is 9.16. The number of ketones is 1. The highest BCUT2D eigenvalue weighted by atomic mass is 16.5. The molecule has 5 heteroatoms. The molecule has 1 atom stereocenters. The molecule has 1 fully saturated rings. The van der Waals surface area contributed by atoms with Gasteiger partial charge in [0, 0.05) is 19.2 Å². The zero-order chi connectivity index (χ0) is 13.4. The molecular formula is C14H15NO4. The van der Waals surface area contributed by atoms with Crippen LogP contribution in [0.5, 0.6) is 0 Å². The number of aryl methyl sites for hydroxylation is 1. The minimum atomic E-state index is -0.423. The lowest BCUT2D eigenvalue weighted by Crippen LogP contribution is -2.28. The SMILES string of the molecule is Cn1c(=O)oc2cc(C(=O)C3CCCCO3)ccc21. The van der Waals surface area contributed by atoms with Crippen molar-refractivity contribution < 1.29 is 13.9 Å². The predicted octanol–water partition coefficient (Wildman–Crippen LogP) is 1.88. The standard InChI is InChI=1S/C14H15NO4/c1-15-10-6-5-9(8-12(10)19-14(15)17)13(16)11-4-2-3-7-18-11/h5-6,8,11H,2-4,7H2,1H3. The Labute approximate surface area is 109 Å². The normalized spacial score (nSPS) is 19.7. The largest absolute Gasteiger partial charge is 0.419 e. The summed E-state index contributed by atoms with van der Waals surface area (Å²) in [5.41, 5.74) is 1.66. The van der Waals surface area contributed by atoms with Crippen LogP contribution in [-0.2, 0) is 11.8 Å². The molecule has 3 rings (SSSR count). The van der Waals surface area contributed by atoms with Gasteiger partial charge in [0.2, 0.25) is 0 Å². The lowest BCUT2D eigenvalue weighted by atomic mass is 10.00. The summed E-state index contributed by atoms with van der Waals surface area (Å²) in [6.45, 7) is 0.638. The lowest BCUT2D eigenvalue weighted by molar-refractivity contribution is 0.0186. The summed E-state index contributed by atoms with van der Waals surface area (Å²) in [5.74, 6) is -0.457. The molecule has 1 aliphatic heterocycles. The van der Waals surface area contributed by atoms with Crippen LogP contribution in [0.1, 0.15) is 29.6 Å². The highest BCUT2D eigenvalue weighted by Crippen LogP contribution is 2.20. The number of benzene rings is 1. The Bertz CT molecular complexity index is 676. The maximum absolute atomic E-state index is 12.3. The zero-order valence-corrected chi connectivity index (χ0v) is 10.7. The number of hydrogen-bond donors (Lipinski definition) is 0. The number of oxazole rings is 1. The predicted molar refractivity (Wildman–Crippen MR) is 69.4 cm³/mol. The first kappa shape index (κ1) is 12.2. The number of aromatic nitrogens is 1. The van der Waals surface area contributed by atoms with Gasteiger partial charge < -0.3 is 9.15 Å². The van der Waals surface area contributed by atoms with Crippen molar-refractivity contribution in [3.63, 3.8) is 0 Å². The van der Waals surface area contributed by atoms with Gasteiger partial charge >= 0.3 is 5.76 Å². The van der Waals surface area contributed by atoms with Crippen LogP contribution in [-0.4, -0.2) is 23.1 Å². The molecule has 0 bridgehead atoms. The van der Waals surface area contributed by atoms with Gasteiger partial charge in [0.1, 0.15) is 6.10 Å². The smallest absolute Gasteiger partial charge is 0.408 e. The zero-order valence-electron chi connectivity index (χ0n) is 10.7. The second-order valence-corrected chi connectivity index (χ2v) is 4.83. The van der Waals surface area contributed by atoms with Crippen LogP contribution in [0.3, 0.4) is 0 Å². The first-order valence-electron chi connectivity index (χ1n) is 6.42. The molecule has 1 unspecified atom stereocenters. The molecule has 0 spiro atoms. The Morgan fingerprint density at radius 2 is 2.21 bits per heavy atom. The van der Waals surface area contributed by atoms with E-state index in [9.17, 15) is 9.59 Å². The molecule has 1 aliphatic rings. The van der Waals surface area contributed by atoms with Crippen molar-refractivity contribution in [3.05, 3.63) is 34.3 Å². The van der Waals surface area contributed by atoms with E-state index >= 15 is 0 Å². The number of ether oxygens (including phenoxy) is 1. The van der Waals surface area contributed by atoms with Crippen LogP contribution in [0.2, 0.25) is 0 Å². The van der Waals surface area contributed by atoms with Gasteiger partial charge in [-0.15, -0.1) is 0 Å². The molecule has 0 aliphatic carbocycles. The van der Waals surface area contributed by atoms with Gasteiger partial charge in [-0.1, -0.05) is 0 Å².